The molecule has 0 aromatic rings. The van der Waals surface area contributed by atoms with Crippen LogP contribution < -0.4 is 0 Å². The Morgan fingerprint density at radius 1 is 1.24 bits per heavy atom. The fourth-order valence-electron chi connectivity index (χ4n) is 3.92. The molecule has 3 saturated heterocycles. The van der Waals surface area contributed by atoms with Crippen LogP contribution in [0.25, 0.3) is 4.85 Å². The average Bonchev–Trinajstić information content (AvgIpc) is 3.33. The third-order valence-electron chi connectivity index (χ3n) is 5.39. The van der Waals surface area contributed by atoms with Gasteiger partial charge >= 0.3 is 7.82 Å². The van der Waals surface area contributed by atoms with Crippen molar-refractivity contribution >= 4 is 16.3 Å². The zero-order valence-electron chi connectivity index (χ0n) is 22.7. The van der Waals surface area contributed by atoms with Gasteiger partial charge in [-0.15, -0.1) is 0 Å². The van der Waals surface area contributed by atoms with Crippen LogP contribution in [0.2, 0.25) is 0 Å². The maximum absolute atomic E-state index is 13.4. The molecule has 12 heteroatoms. The Hall–Kier alpha value is -0.170. The molecule has 0 saturated carbocycles. The lowest BCUT2D eigenvalue weighted by Gasteiger charge is -2.39. The fourth-order valence-corrected chi connectivity index (χ4v) is 7.26. The lowest BCUT2D eigenvalue weighted by Crippen LogP contribution is -2.42. The highest BCUT2D eigenvalue weighted by atomic mass is 31.2. The number of phosphoric acid groups is 1. The van der Waals surface area contributed by atoms with Crippen LogP contribution in [0.1, 0.15) is 58.0 Å². The predicted molar refractivity (Wildman–Crippen MR) is 124 cm³/mol. The summed E-state index contributed by atoms with van der Waals surface area (Å²) < 4.78 is 79.5. The Morgan fingerprint density at radius 2 is 1.97 bits per heavy atom. The molecule has 1 unspecified atom stereocenters. The van der Waals surface area contributed by atoms with E-state index in [0.717, 1.165) is 0 Å². The number of hydrogen-bond acceptors (Lipinski definition) is 9. The topological polar surface area (TPSA) is 89.3 Å². The highest BCUT2D eigenvalue weighted by molar-refractivity contribution is 7.48. The molecule has 0 spiro atoms. The minimum Gasteiger partial charge on any atom is -0.376 e. The fraction of sp³-hybridized carbons (Fsp3) is 0.952. The first-order valence-corrected chi connectivity index (χ1v) is 13.9. The zero-order chi connectivity index (χ0) is 26.5. The van der Waals surface area contributed by atoms with Gasteiger partial charge in [-0.3, -0.25) is 13.6 Å². The number of nitrogens with zero attached hydrogens (tertiary/aromatic N) is 2. The number of hydrogen-bond donors (Lipinski definition) is 0. The molecule has 3 rings (SSSR count). The summed E-state index contributed by atoms with van der Waals surface area (Å²) in [6.45, 7) is 13.9. The van der Waals surface area contributed by atoms with E-state index in [1.54, 1.807) is 0 Å². The van der Waals surface area contributed by atoms with Gasteiger partial charge in [0.15, 0.2) is 0 Å². The number of rotatable bonds is 11. The summed E-state index contributed by atoms with van der Waals surface area (Å²) >= 11 is 0. The monoisotopic (exact) mass is 513 g/mol. The number of ether oxygens (including phenoxy) is 2. The third kappa shape index (κ3) is 7.41. The Bertz CT molecular complexity index is 787. The molecule has 0 aliphatic carbocycles. The minimum atomic E-state index is -4.01. The highest BCUT2D eigenvalue weighted by Gasteiger charge is 2.47. The van der Waals surface area contributed by atoms with Gasteiger partial charge in [0.05, 0.1) is 27.7 Å². The van der Waals surface area contributed by atoms with Crippen molar-refractivity contribution in [1.82, 2.24) is 4.67 Å². The molecule has 9 atom stereocenters. The van der Waals surface area contributed by atoms with E-state index in [1.807, 2.05) is 27.7 Å². The van der Waals surface area contributed by atoms with Crippen molar-refractivity contribution in [2.24, 2.45) is 0 Å². The Morgan fingerprint density at radius 3 is 2.67 bits per heavy atom. The van der Waals surface area contributed by atoms with Crippen molar-refractivity contribution in [3.05, 3.63) is 11.4 Å². The SMILES string of the molecule is [2H]C[C@H]1O[C@@H]([3H])C[C@@H]1O[P@@]1(=O)OCC[C@H]([C@H]2O[C@@H]([3H])C[C@@H]2OP(OCC[N+]#[C-])N(C(C)C)C(C)C)O1. The van der Waals surface area contributed by atoms with Crippen molar-refractivity contribution in [2.75, 3.05) is 32.9 Å². The highest BCUT2D eigenvalue weighted by Crippen LogP contribution is 2.57. The van der Waals surface area contributed by atoms with Crippen LogP contribution in [0, 0.1) is 6.57 Å². The predicted octanol–water partition coefficient (Wildman–Crippen LogP) is 4.55. The molecule has 33 heavy (non-hydrogen) atoms. The van der Waals surface area contributed by atoms with Gasteiger partial charge in [0.1, 0.15) is 18.8 Å². The Labute approximate surface area is 203 Å². The van der Waals surface area contributed by atoms with Crippen LogP contribution in [0.5, 0.6) is 0 Å². The van der Waals surface area contributed by atoms with Crippen LogP contribution in [-0.2, 0) is 36.7 Å². The van der Waals surface area contributed by atoms with E-state index < -0.39 is 60.0 Å². The largest absolute Gasteiger partial charge is 0.475 e. The van der Waals surface area contributed by atoms with Crippen LogP contribution in [0.15, 0.2) is 0 Å². The molecule has 10 nitrogen and oxygen atoms in total. The first-order chi connectivity index (χ1) is 17.1. The summed E-state index contributed by atoms with van der Waals surface area (Å²) in [6, 6.07) is 0.230. The Kier molecular flexibility index (Phi) is 8.94. The van der Waals surface area contributed by atoms with Crippen molar-refractivity contribution in [3.63, 3.8) is 0 Å². The molecule has 3 fully saturated rings. The van der Waals surface area contributed by atoms with Crippen molar-refractivity contribution in [1.29, 1.82) is 0 Å². The second kappa shape index (κ2) is 12.7. The van der Waals surface area contributed by atoms with Crippen molar-refractivity contribution in [3.8, 4) is 0 Å². The lowest BCUT2D eigenvalue weighted by molar-refractivity contribution is -0.0772. The van der Waals surface area contributed by atoms with E-state index in [-0.39, 0.29) is 51.6 Å². The van der Waals surface area contributed by atoms with Gasteiger partial charge in [0.25, 0.3) is 8.53 Å². The first-order valence-electron chi connectivity index (χ1n) is 13.2. The number of phosphoric ester groups is 1. The van der Waals surface area contributed by atoms with Gasteiger partial charge in [-0.05, 0) is 34.6 Å². The molecule has 0 amide bonds. The van der Waals surface area contributed by atoms with Gasteiger partial charge in [0.2, 0.25) is 6.54 Å². The lowest BCUT2D eigenvalue weighted by atomic mass is 10.1. The van der Waals surface area contributed by atoms with E-state index in [9.17, 15) is 4.57 Å². The zero-order valence-corrected chi connectivity index (χ0v) is 21.5. The molecule has 190 valence electrons. The normalized spacial score (nSPS) is 41.8. The summed E-state index contributed by atoms with van der Waals surface area (Å²) in [5.41, 5.74) is 0. The average molecular weight is 514 g/mol. The smallest absolute Gasteiger partial charge is 0.376 e. The molecule has 0 N–H and O–H groups in total. The quantitative estimate of drug-likeness (QED) is 0.224. The first kappa shape index (κ1) is 23.2. The molecule has 0 bridgehead atoms. The molecule has 0 aromatic heterocycles. The van der Waals surface area contributed by atoms with Gasteiger partial charge in [-0.25, -0.2) is 15.8 Å². The molecule has 0 radical (unpaired) electrons. The van der Waals surface area contributed by atoms with E-state index in [0.29, 0.717) is 6.42 Å². The molecular weight excluding hydrogens is 470 g/mol. The second-order valence-electron chi connectivity index (χ2n) is 8.60. The van der Waals surface area contributed by atoms with Crippen molar-refractivity contribution in [2.45, 2.75) is 96.5 Å². The summed E-state index contributed by atoms with van der Waals surface area (Å²) in [5, 5.41) is 0. The summed E-state index contributed by atoms with van der Waals surface area (Å²) in [7, 11) is -5.57. The van der Waals surface area contributed by atoms with Crippen LogP contribution >= 0.6 is 16.3 Å². The van der Waals surface area contributed by atoms with Crippen molar-refractivity contribution < 1.29 is 40.8 Å². The summed E-state index contributed by atoms with van der Waals surface area (Å²) in [4.78, 5) is 3.36. The van der Waals surface area contributed by atoms with Gasteiger partial charge < -0.3 is 23.4 Å². The molecule has 3 heterocycles. The van der Waals surface area contributed by atoms with E-state index in [1.165, 1.54) is 0 Å². The Balaban J connectivity index is 1.72. The van der Waals surface area contributed by atoms with E-state index in [2.05, 4.69) is 9.52 Å². The van der Waals surface area contributed by atoms with Gasteiger partial charge in [-0.2, -0.15) is 0 Å². The van der Waals surface area contributed by atoms with Crippen LogP contribution in [0.3, 0.4) is 0 Å². The minimum absolute atomic E-state index is 0.0982. The standard InChI is InChI=1S/C21H38N2O8P2/c1-15(2)23(16(3)4)32(27-14-10-22-6)29-19-8-12-26-21(19)20-9-13-28-33(24,31-20)30-18-7-11-25-17(18)5/h15-21H,7-14H2,1-5H3/t17-,18+,19+,20-,21+,32?,33-/m1/s1/i5D,11T,12T/t11-,12-,17+,18-,19-,20+,21-,32?,33+/m0. The van der Waals surface area contributed by atoms with Crippen LogP contribution in [0.4, 0.5) is 0 Å². The van der Waals surface area contributed by atoms with Crippen LogP contribution in [-0.4, -0.2) is 80.2 Å². The second-order valence-corrected chi connectivity index (χ2v) is 11.6. The molecule has 0 aromatic carbocycles. The molecule has 3 aliphatic rings. The molecule has 3 aliphatic heterocycles. The van der Waals surface area contributed by atoms with E-state index in [4.69, 9.17) is 42.8 Å². The van der Waals surface area contributed by atoms with Gasteiger partial charge in [-0.1, -0.05) is 0 Å². The van der Waals surface area contributed by atoms with Gasteiger partial charge in [0, 0.05) is 45.9 Å². The summed E-state index contributed by atoms with van der Waals surface area (Å²) in [6.07, 6.45) is -2.58. The maximum atomic E-state index is 13.4. The molecular formula is C21H38N2O8P2. The summed E-state index contributed by atoms with van der Waals surface area (Å²) in [5.74, 6) is 0. The third-order valence-corrected chi connectivity index (χ3v) is 9.10. The van der Waals surface area contributed by atoms with E-state index >= 15 is 0 Å². The maximum Gasteiger partial charge on any atom is 0.475 e.